The normalized spacial score (nSPS) is 17.9. The van der Waals surface area contributed by atoms with E-state index in [-0.39, 0.29) is 0 Å². The van der Waals surface area contributed by atoms with Crippen LogP contribution in [0.5, 0.6) is 0 Å². The first-order valence-corrected chi connectivity index (χ1v) is 12.3. The monoisotopic (exact) mass is 401 g/mol. The van der Waals surface area contributed by atoms with Crippen LogP contribution in [0.15, 0.2) is 18.6 Å². The maximum atomic E-state index is 5.02. The fourth-order valence-corrected chi connectivity index (χ4v) is 6.87. The summed E-state index contributed by atoms with van der Waals surface area (Å²) in [6.45, 7) is 2.07. The maximum Gasteiger partial charge on any atom is 0.183 e. The first kappa shape index (κ1) is 16.8. The standard InChI is InChI=1S/C18H19N5S3/c1-2-4-14-12(3-1)15-17(23-7-9-24-25-10-8-23)21-16(22-18(15)26-14)13-11-19-5-6-20-13/h5-6,11H,1-4,7-10H2. The predicted octanol–water partition coefficient (Wildman–Crippen LogP) is 4.23. The molecule has 3 aromatic rings. The summed E-state index contributed by atoms with van der Waals surface area (Å²) in [5.41, 5.74) is 2.25. The van der Waals surface area contributed by atoms with Crippen LogP contribution in [-0.4, -0.2) is 44.5 Å². The van der Waals surface area contributed by atoms with Gasteiger partial charge in [0.15, 0.2) is 5.82 Å². The summed E-state index contributed by atoms with van der Waals surface area (Å²) >= 11 is 1.86. The number of anilines is 1. The highest BCUT2D eigenvalue weighted by molar-refractivity contribution is 8.76. The highest BCUT2D eigenvalue weighted by atomic mass is 33.1. The Morgan fingerprint density at radius 1 is 0.962 bits per heavy atom. The molecule has 0 aromatic carbocycles. The molecule has 0 atom stereocenters. The Morgan fingerprint density at radius 3 is 2.62 bits per heavy atom. The van der Waals surface area contributed by atoms with E-state index in [9.17, 15) is 0 Å². The minimum atomic E-state index is 0.698. The zero-order chi connectivity index (χ0) is 17.3. The van der Waals surface area contributed by atoms with Crippen molar-refractivity contribution in [3.05, 3.63) is 29.0 Å². The van der Waals surface area contributed by atoms with Crippen LogP contribution in [0.2, 0.25) is 0 Å². The van der Waals surface area contributed by atoms with E-state index in [0.29, 0.717) is 5.82 Å². The topological polar surface area (TPSA) is 54.8 Å². The second kappa shape index (κ2) is 7.32. The Kier molecular flexibility index (Phi) is 4.72. The summed E-state index contributed by atoms with van der Waals surface area (Å²) in [6, 6.07) is 0. The molecule has 4 heterocycles. The minimum absolute atomic E-state index is 0.698. The van der Waals surface area contributed by atoms with Crippen LogP contribution in [0.1, 0.15) is 23.3 Å². The molecule has 1 saturated heterocycles. The maximum absolute atomic E-state index is 5.02. The largest absolute Gasteiger partial charge is 0.354 e. The van der Waals surface area contributed by atoms with Crippen molar-refractivity contribution in [1.82, 2.24) is 19.9 Å². The number of hydrogen-bond donors (Lipinski definition) is 0. The van der Waals surface area contributed by atoms with Crippen molar-refractivity contribution in [2.45, 2.75) is 25.7 Å². The van der Waals surface area contributed by atoms with Gasteiger partial charge in [-0.05, 0) is 31.2 Å². The third-order valence-corrected chi connectivity index (χ3v) is 8.41. The molecule has 134 valence electrons. The van der Waals surface area contributed by atoms with E-state index in [1.807, 2.05) is 32.9 Å². The summed E-state index contributed by atoms with van der Waals surface area (Å²) in [4.78, 5) is 23.6. The average molecular weight is 402 g/mol. The zero-order valence-electron chi connectivity index (χ0n) is 14.3. The van der Waals surface area contributed by atoms with Gasteiger partial charge in [0, 0.05) is 41.9 Å². The van der Waals surface area contributed by atoms with Crippen molar-refractivity contribution in [3.8, 4) is 11.5 Å². The number of rotatable bonds is 2. The molecule has 26 heavy (non-hydrogen) atoms. The SMILES string of the molecule is c1cnc(-c2nc(N3CCSSCC3)c3c4c(sc3n2)CCCC4)cn1. The van der Waals surface area contributed by atoms with Gasteiger partial charge in [0.2, 0.25) is 0 Å². The van der Waals surface area contributed by atoms with E-state index in [4.69, 9.17) is 9.97 Å². The van der Waals surface area contributed by atoms with Crippen molar-refractivity contribution < 1.29 is 0 Å². The van der Waals surface area contributed by atoms with Gasteiger partial charge in [-0.3, -0.25) is 4.98 Å². The Morgan fingerprint density at radius 2 is 1.81 bits per heavy atom. The van der Waals surface area contributed by atoms with Gasteiger partial charge in [0.1, 0.15) is 16.3 Å². The molecule has 5 rings (SSSR count). The lowest BCUT2D eigenvalue weighted by Gasteiger charge is -2.23. The first-order chi connectivity index (χ1) is 12.9. The Balaban J connectivity index is 1.71. The molecule has 3 aromatic heterocycles. The third kappa shape index (κ3) is 3.08. The summed E-state index contributed by atoms with van der Waals surface area (Å²) < 4.78 is 0. The Hall–Kier alpha value is -1.38. The fraction of sp³-hybridized carbons (Fsp3) is 0.444. The molecular weight excluding hydrogens is 382 g/mol. The van der Waals surface area contributed by atoms with Crippen molar-refractivity contribution >= 4 is 49.0 Å². The number of aryl methyl sites for hydroxylation is 2. The molecule has 8 heteroatoms. The lowest BCUT2D eigenvalue weighted by atomic mass is 9.97. The van der Waals surface area contributed by atoms with Gasteiger partial charge in [0.05, 0.1) is 11.6 Å². The molecule has 0 bridgehead atoms. The molecule has 1 aliphatic heterocycles. The van der Waals surface area contributed by atoms with Crippen molar-refractivity contribution in [2.24, 2.45) is 0 Å². The van der Waals surface area contributed by atoms with Crippen molar-refractivity contribution in [3.63, 3.8) is 0 Å². The molecule has 0 radical (unpaired) electrons. The fourth-order valence-electron chi connectivity index (χ4n) is 3.63. The molecule has 1 fully saturated rings. The lowest BCUT2D eigenvalue weighted by molar-refractivity contribution is 0.700. The molecular formula is C18H19N5S3. The second-order valence-corrected chi connectivity index (χ2v) is 10.3. The van der Waals surface area contributed by atoms with Gasteiger partial charge < -0.3 is 4.90 Å². The predicted molar refractivity (Wildman–Crippen MR) is 112 cm³/mol. The van der Waals surface area contributed by atoms with E-state index in [1.54, 1.807) is 18.6 Å². The second-order valence-electron chi connectivity index (χ2n) is 6.48. The highest BCUT2D eigenvalue weighted by Gasteiger charge is 2.25. The van der Waals surface area contributed by atoms with Crippen LogP contribution in [0.4, 0.5) is 5.82 Å². The highest BCUT2D eigenvalue weighted by Crippen LogP contribution is 2.41. The van der Waals surface area contributed by atoms with Gasteiger partial charge in [-0.2, -0.15) is 0 Å². The van der Waals surface area contributed by atoms with Gasteiger partial charge in [0.25, 0.3) is 0 Å². The number of fused-ring (bicyclic) bond motifs is 3. The van der Waals surface area contributed by atoms with Crippen LogP contribution < -0.4 is 4.90 Å². The summed E-state index contributed by atoms with van der Waals surface area (Å²) in [5.74, 6) is 4.06. The van der Waals surface area contributed by atoms with E-state index < -0.39 is 0 Å². The molecule has 1 aliphatic carbocycles. The van der Waals surface area contributed by atoms with Gasteiger partial charge in [-0.1, -0.05) is 21.6 Å². The van der Waals surface area contributed by atoms with E-state index in [2.05, 4.69) is 14.9 Å². The average Bonchev–Trinajstić information content (AvgIpc) is 2.87. The molecule has 0 unspecified atom stereocenters. The van der Waals surface area contributed by atoms with Crippen LogP contribution in [0.3, 0.4) is 0 Å². The van der Waals surface area contributed by atoms with E-state index in [1.165, 1.54) is 35.1 Å². The summed E-state index contributed by atoms with van der Waals surface area (Å²) in [6.07, 6.45) is 10.1. The van der Waals surface area contributed by atoms with Crippen LogP contribution >= 0.6 is 32.9 Å². The molecule has 0 N–H and O–H groups in total. The van der Waals surface area contributed by atoms with Crippen LogP contribution in [-0.2, 0) is 12.8 Å². The first-order valence-electron chi connectivity index (χ1n) is 8.98. The summed E-state index contributed by atoms with van der Waals surface area (Å²) in [5, 5.41) is 1.30. The molecule has 0 amide bonds. The summed E-state index contributed by atoms with van der Waals surface area (Å²) in [7, 11) is 3.93. The molecule has 0 saturated carbocycles. The number of hydrogen-bond acceptors (Lipinski definition) is 8. The third-order valence-electron chi connectivity index (χ3n) is 4.86. The van der Waals surface area contributed by atoms with Gasteiger partial charge in [-0.25, -0.2) is 15.0 Å². The Labute approximate surface area is 164 Å². The smallest absolute Gasteiger partial charge is 0.183 e. The molecule has 5 nitrogen and oxygen atoms in total. The molecule has 2 aliphatic rings. The zero-order valence-corrected chi connectivity index (χ0v) is 16.8. The number of nitrogens with zero attached hydrogens (tertiary/aromatic N) is 5. The van der Waals surface area contributed by atoms with E-state index >= 15 is 0 Å². The molecule has 0 spiro atoms. The van der Waals surface area contributed by atoms with Crippen LogP contribution in [0, 0.1) is 0 Å². The lowest BCUT2D eigenvalue weighted by Crippen LogP contribution is -2.28. The number of thiophene rings is 1. The minimum Gasteiger partial charge on any atom is -0.354 e. The van der Waals surface area contributed by atoms with Crippen molar-refractivity contribution in [1.29, 1.82) is 0 Å². The Bertz CT molecular complexity index is 919. The van der Waals surface area contributed by atoms with Gasteiger partial charge >= 0.3 is 0 Å². The van der Waals surface area contributed by atoms with Crippen LogP contribution in [0.25, 0.3) is 21.7 Å². The quantitative estimate of drug-likeness (QED) is 0.596. The van der Waals surface area contributed by atoms with Gasteiger partial charge in [-0.15, -0.1) is 11.3 Å². The number of aromatic nitrogens is 4. The van der Waals surface area contributed by atoms with Crippen molar-refractivity contribution in [2.75, 3.05) is 29.5 Å². The van der Waals surface area contributed by atoms with E-state index in [0.717, 1.165) is 47.4 Å².